The Morgan fingerprint density at radius 2 is 1.29 bits per heavy atom. The van der Waals surface area contributed by atoms with Crippen LogP contribution in [0, 0.1) is 0 Å². The molecule has 0 aliphatic heterocycles. The molecule has 4 rings (SSSR count). The van der Waals surface area contributed by atoms with Gasteiger partial charge in [0, 0.05) is 22.7 Å². The smallest absolute Gasteiger partial charge is 0.326 e. The molecule has 5 nitrogen and oxygen atoms in total. The van der Waals surface area contributed by atoms with Crippen molar-refractivity contribution in [1.29, 1.82) is 0 Å². The first kappa shape index (κ1) is 24.6. The van der Waals surface area contributed by atoms with E-state index in [1.807, 2.05) is 48.7 Å². The molecule has 0 radical (unpaired) electrons. The molecule has 0 amide bonds. The minimum Gasteiger partial charge on any atom is -0.426 e. The number of benzene rings is 3. The summed E-state index contributed by atoms with van der Waals surface area (Å²) in [6.07, 6.45) is 2.79. The lowest BCUT2D eigenvalue weighted by molar-refractivity contribution is -0.132. The first-order valence-electron chi connectivity index (χ1n) is 11.1. The molecule has 0 spiro atoms. The van der Waals surface area contributed by atoms with Gasteiger partial charge in [-0.15, -0.1) is 23.2 Å². The van der Waals surface area contributed by atoms with Gasteiger partial charge in [0.1, 0.15) is 23.3 Å². The van der Waals surface area contributed by atoms with Crippen LogP contribution < -0.4 is 9.47 Å². The minimum atomic E-state index is -0.509. The number of carbonyl (C=O) groups excluding carboxylic acids is 2. The van der Waals surface area contributed by atoms with E-state index in [1.54, 1.807) is 24.3 Å². The molecule has 178 valence electrons. The van der Waals surface area contributed by atoms with Crippen LogP contribution in [-0.2, 0) is 9.59 Å². The Balaban J connectivity index is 1.85. The topological polar surface area (TPSA) is 68.4 Å². The molecule has 35 heavy (non-hydrogen) atoms. The van der Waals surface area contributed by atoms with E-state index >= 15 is 0 Å². The highest BCUT2D eigenvalue weighted by atomic mass is 35.5. The van der Waals surface area contributed by atoms with Crippen molar-refractivity contribution in [1.82, 2.24) is 4.98 Å². The lowest BCUT2D eigenvalue weighted by Crippen LogP contribution is -2.09. The molecule has 0 unspecified atom stereocenters. The first-order valence-corrected chi connectivity index (χ1v) is 12.1. The quantitative estimate of drug-likeness (QED) is 0.161. The number of halogens is 2. The second-order valence-corrected chi connectivity index (χ2v) is 8.25. The van der Waals surface area contributed by atoms with Crippen LogP contribution in [0.1, 0.15) is 30.0 Å². The van der Waals surface area contributed by atoms with Crippen molar-refractivity contribution in [3.05, 3.63) is 95.7 Å². The molecule has 0 saturated heterocycles. The number of hydrogen-bond acceptors (Lipinski definition) is 4. The molecule has 7 heteroatoms. The maximum atomic E-state index is 11.6. The second-order valence-electron chi connectivity index (χ2n) is 7.72. The highest BCUT2D eigenvalue weighted by Gasteiger charge is 2.17. The van der Waals surface area contributed by atoms with Crippen LogP contribution in [0.5, 0.6) is 11.5 Å². The molecule has 0 aliphatic rings. The summed E-state index contributed by atoms with van der Waals surface area (Å²) in [7, 11) is 0. The van der Waals surface area contributed by atoms with Crippen LogP contribution in [0.15, 0.2) is 79.0 Å². The third-order valence-corrected chi connectivity index (χ3v) is 5.97. The third-order valence-electron chi connectivity index (χ3n) is 5.54. The number of hydrogen-bond donors (Lipinski definition) is 1. The molecule has 1 heterocycles. The number of esters is 2. The van der Waals surface area contributed by atoms with Crippen molar-refractivity contribution in [2.45, 2.75) is 13.3 Å². The molecule has 0 aliphatic carbocycles. The van der Waals surface area contributed by atoms with Crippen LogP contribution in [0.25, 0.3) is 22.0 Å². The van der Waals surface area contributed by atoms with E-state index in [-0.39, 0.29) is 11.8 Å². The van der Waals surface area contributed by atoms with E-state index in [2.05, 4.69) is 18.0 Å². The number of rotatable bonds is 8. The zero-order valence-corrected chi connectivity index (χ0v) is 20.5. The summed E-state index contributed by atoms with van der Waals surface area (Å²) in [5.74, 6) is -0.600. The summed E-state index contributed by atoms with van der Waals surface area (Å²) in [5, 5.41) is 1.13. The molecular formula is C28H23Cl2NO4. The van der Waals surface area contributed by atoms with Gasteiger partial charge in [-0.2, -0.15) is 0 Å². The van der Waals surface area contributed by atoms with E-state index in [0.29, 0.717) is 11.5 Å². The molecule has 0 bridgehead atoms. The maximum absolute atomic E-state index is 11.6. The predicted octanol–water partition coefficient (Wildman–Crippen LogP) is 6.83. The van der Waals surface area contributed by atoms with Crippen molar-refractivity contribution in [3.63, 3.8) is 0 Å². The summed E-state index contributed by atoms with van der Waals surface area (Å²) in [5.41, 5.74) is 6.21. The lowest BCUT2D eigenvalue weighted by Gasteiger charge is -2.17. The number of allylic oxidation sites excluding steroid dienone is 1. The zero-order valence-electron chi connectivity index (χ0n) is 19.0. The zero-order chi connectivity index (χ0) is 24.8. The molecule has 0 atom stereocenters. The van der Waals surface area contributed by atoms with Gasteiger partial charge in [-0.05, 0) is 59.0 Å². The van der Waals surface area contributed by atoms with Crippen LogP contribution in [0.3, 0.4) is 0 Å². The van der Waals surface area contributed by atoms with Gasteiger partial charge >= 0.3 is 11.9 Å². The van der Waals surface area contributed by atoms with E-state index in [4.69, 9.17) is 32.7 Å². The highest BCUT2D eigenvalue weighted by molar-refractivity contribution is 6.26. The van der Waals surface area contributed by atoms with Crippen LogP contribution in [-0.4, -0.2) is 28.7 Å². The summed E-state index contributed by atoms with van der Waals surface area (Å²) in [6, 6.07) is 22.8. The lowest BCUT2D eigenvalue weighted by atomic mass is 9.88. The van der Waals surface area contributed by atoms with E-state index < -0.39 is 11.9 Å². The molecule has 4 aromatic rings. The number of para-hydroxylation sites is 1. The van der Waals surface area contributed by atoms with Crippen LogP contribution in [0.2, 0.25) is 0 Å². The molecule has 0 fully saturated rings. The summed E-state index contributed by atoms with van der Waals surface area (Å²) < 4.78 is 10.5. The first-order chi connectivity index (χ1) is 17.0. The molecule has 1 aromatic heterocycles. The van der Waals surface area contributed by atoms with Gasteiger partial charge in [0.15, 0.2) is 0 Å². The minimum absolute atomic E-state index is 0.214. The standard InChI is InChI=1S/C28H23Cl2NO4/c1-2-22(24-17-31-25-6-4-3-5-23(24)25)28(18-7-11-20(12-8-18)34-26(32)15-29)19-9-13-21(14-10-19)35-27(33)16-30/h3-14,17,31H,2,15-16H2,1H3. The van der Waals surface area contributed by atoms with Crippen molar-refractivity contribution in [2.75, 3.05) is 11.8 Å². The van der Waals surface area contributed by atoms with Gasteiger partial charge in [0.2, 0.25) is 0 Å². The Morgan fingerprint density at radius 1 is 0.771 bits per heavy atom. The van der Waals surface area contributed by atoms with E-state index in [0.717, 1.165) is 45.2 Å². The number of H-pyrrole nitrogens is 1. The molecule has 0 saturated carbocycles. The Hall–Kier alpha value is -3.54. The van der Waals surface area contributed by atoms with Crippen molar-refractivity contribution in [2.24, 2.45) is 0 Å². The Kier molecular flexibility index (Phi) is 7.91. The van der Waals surface area contributed by atoms with Crippen LogP contribution in [0.4, 0.5) is 0 Å². The molecular weight excluding hydrogens is 485 g/mol. The number of aromatic amines is 1. The number of nitrogens with one attached hydrogen (secondary N) is 1. The Morgan fingerprint density at radius 3 is 1.77 bits per heavy atom. The number of alkyl halides is 2. The number of ether oxygens (including phenoxy) is 2. The van der Waals surface area contributed by atoms with Crippen molar-refractivity contribution < 1.29 is 19.1 Å². The van der Waals surface area contributed by atoms with E-state index in [1.165, 1.54) is 0 Å². The third kappa shape index (κ3) is 5.59. The maximum Gasteiger partial charge on any atom is 0.326 e. The number of aromatic nitrogens is 1. The number of carbonyl (C=O) groups is 2. The largest absolute Gasteiger partial charge is 0.426 e. The summed E-state index contributed by atoms with van der Waals surface area (Å²) in [6.45, 7) is 2.12. The summed E-state index contributed by atoms with van der Waals surface area (Å²) in [4.78, 5) is 26.5. The van der Waals surface area contributed by atoms with Gasteiger partial charge in [-0.25, -0.2) is 0 Å². The fourth-order valence-corrected chi connectivity index (χ4v) is 4.14. The molecule has 1 N–H and O–H groups in total. The average molecular weight is 508 g/mol. The molecule has 3 aromatic carbocycles. The van der Waals surface area contributed by atoms with Crippen molar-refractivity contribution in [3.8, 4) is 11.5 Å². The van der Waals surface area contributed by atoms with Gasteiger partial charge in [0.25, 0.3) is 0 Å². The second kappa shape index (κ2) is 11.3. The van der Waals surface area contributed by atoms with Crippen molar-refractivity contribution >= 4 is 57.2 Å². The Bertz CT molecular complexity index is 1310. The van der Waals surface area contributed by atoms with Gasteiger partial charge in [-0.3, -0.25) is 9.59 Å². The monoisotopic (exact) mass is 507 g/mol. The highest BCUT2D eigenvalue weighted by Crippen LogP contribution is 2.38. The normalized spacial score (nSPS) is 10.7. The van der Waals surface area contributed by atoms with Gasteiger partial charge in [-0.1, -0.05) is 49.4 Å². The predicted molar refractivity (Wildman–Crippen MR) is 140 cm³/mol. The van der Waals surface area contributed by atoms with E-state index in [9.17, 15) is 9.59 Å². The van der Waals surface area contributed by atoms with Gasteiger partial charge in [0.05, 0.1) is 0 Å². The Labute approximate surface area is 213 Å². The number of fused-ring (bicyclic) bond motifs is 1. The fourth-order valence-electron chi connectivity index (χ4n) is 4.03. The van der Waals surface area contributed by atoms with Crippen LogP contribution >= 0.6 is 23.2 Å². The average Bonchev–Trinajstić information content (AvgIpc) is 3.32. The fraction of sp³-hybridized carbons (Fsp3) is 0.143. The van der Waals surface area contributed by atoms with Gasteiger partial charge < -0.3 is 14.5 Å². The summed E-state index contributed by atoms with van der Waals surface area (Å²) >= 11 is 11.1. The SMILES string of the molecule is CCC(=C(c1ccc(OC(=O)CCl)cc1)c1ccc(OC(=O)CCl)cc1)c1c[nH]c2ccccc12.